The van der Waals surface area contributed by atoms with Crippen LogP contribution >= 0.6 is 24.0 Å². The van der Waals surface area contributed by atoms with Gasteiger partial charge in [-0.15, -0.1) is 24.0 Å². The van der Waals surface area contributed by atoms with Gasteiger partial charge in [-0.3, -0.25) is 9.79 Å². The van der Waals surface area contributed by atoms with Crippen molar-refractivity contribution in [3.8, 4) is 0 Å². The lowest BCUT2D eigenvalue weighted by Gasteiger charge is -2.17. The Morgan fingerprint density at radius 2 is 1.91 bits per heavy atom. The van der Waals surface area contributed by atoms with Gasteiger partial charge in [0.15, 0.2) is 5.96 Å². The number of esters is 1. The van der Waals surface area contributed by atoms with Crippen LogP contribution in [-0.4, -0.2) is 38.7 Å². The maximum Gasteiger partial charge on any atom is 0.305 e. The summed E-state index contributed by atoms with van der Waals surface area (Å²) in [5, 5.41) is 6.72. The zero-order valence-electron chi connectivity index (χ0n) is 14.6. The highest BCUT2D eigenvalue weighted by molar-refractivity contribution is 14.0. The van der Waals surface area contributed by atoms with Crippen LogP contribution in [-0.2, 0) is 9.53 Å². The van der Waals surface area contributed by atoms with Gasteiger partial charge in [0, 0.05) is 26.1 Å². The Bertz CT molecular complexity index is 299. The number of aliphatic imine (C=N–C) groups is 1. The molecule has 0 bridgehead atoms. The number of unbranched alkanes of at least 4 members (excludes halogenated alkanes) is 4. The summed E-state index contributed by atoms with van der Waals surface area (Å²) in [5.41, 5.74) is 0. The maximum atomic E-state index is 11.0. The van der Waals surface area contributed by atoms with Gasteiger partial charge in [-0.2, -0.15) is 0 Å². The predicted molar refractivity (Wildman–Crippen MR) is 104 cm³/mol. The fourth-order valence-electron chi connectivity index (χ4n) is 2.08. The highest BCUT2D eigenvalue weighted by Gasteiger charge is 2.04. The van der Waals surface area contributed by atoms with Crippen molar-refractivity contribution < 1.29 is 9.53 Å². The lowest BCUT2D eigenvalue weighted by molar-refractivity contribution is -0.140. The summed E-state index contributed by atoms with van der Waals surface area (Å²) in [4.78, 5) is 15.2. The average molecular weight is 427 g/mol. The topological polar surface area (TPSA) is 62.7 Å². The van der Waals surface area contributed by atoms with Crippen molar-refractivity contribution in [2.24, 2.45) is 4.99 Å². The van der Waals surface area contributed by atoms with E-state index in [9.17, 15) is 4.79 Å². The number of guanidine groups is 1. The molecule has 0 aromatic heterocycles. The Labute approximate surface area is 153 Å². The fourth-order valence-corrected chi connectivity index (χ4v) is 2.08. The molecule has 0 spiro atoms. The minimum atomic E-state index is -0.124. The number of ether oxygens (including phenoxy) is 1. The van der Waals surface area contributed by atoms with E-state index < -0.39 is 0 Å². The second kappa shape index (κ2) is 16.8. The highest BCUT2D eigenvalue weighted by atomic mass is 127. The molecule has 132 valence electrons. The normalized spacial score (nSPS) is 12.3. The smallest absolute Gasteiger partial charge is 0.305 e. The van der Waals surface area contributed by atoms with Crippen molar-refractivity contribution in [1.29, 1.82) is 0 Å². The van der Waals surface area contributed by atoms with Crippen LogP contribution in [0, 0.1) is 0 Å². The van der Waals surface area contributed by atoms with E-state index in [2.05, 4.69) is 34.2 Å². The molecule has 2 N–H and O–H groups in total. The molecular formula is C16H34IN3O2. The van der Waals surface area contributed by atoms with Crippen molar-refractivity contribution in [3.63, 3.8) is 0 Å². The van der Waals surface area contributed by atoms with Crippen molar-refractivity contribution >= 4 is 35.9 Å². The zero-order valence-corrected chi connectivity index (χ0v) is 16.9. The molecule has 0 saturated heterocycles. The summed E-state index contributed by atoms with van der Waals surface area (Å²) in [6.07, 6.45) is 8.42. The fraction of sp³-hybridized carbons (Fsp3) is 0.875. The Balaban J connectivity index is 0. The molecule has 0 aromatic rings. The second-order valence-corrected chi connectivity index (χ2v) is 5.43. The molecule has 0 heterocycles. The van der Waals surface area contributed by atoms with E-state index in [0.29, 0.717) is 12.5 Å². The summed E-state index contributed by atoms with van der Waals surface area (Å²) in [7, 11) is 3.23. The Hall–Kier alpha value is -0.530. The van der Waals surface area contributed by atoms with Crippen LogP contribution in [0.3, 0.4) is 0 Å². The first-order chi connectivity index (χ1) is 10.1. The molecule has 0 aliphatic carbocycles. The SMILES string of the molecule is CCCCCC(C)NC(=NC)NCCCCCC(=O)OC.I. The summed E-state index contributed by atoms with van der Waals surface area (Å²) in [6.45, 7) is 5.29. The van der Waals surface area contributed by atoms with Gasteiger partial charge in [0.2, 0.25) is 0 Å². The van der Waals surface area contributed by atoms with Gasteiger partial charge in [0.25, 0.3) is 0 Å². The number of halogens is 1. The molecule has 1 atom stereocenters. The summed E-state index contributed by atoms with van der Waals surface area (Å²) < 4.78 is 4.61. The third kappa shape index (κ3) is 14.4. The first-order valence-corrected chi connectivity index (χ1v) is 8.18. The minimum Gasteiger partial charge on any atom is -0.469 e. The van der Waals surface area contributed by atoms with Crippen molar-refractivity contribution in [3.05, 3.63) is 0 Å². The van der Waals surface area contributed by atoms with Crippen LogP contribution in [0.4, 0.5) is 0 Å². The predicted octanol–water partition coefficient (Wildman–Crippen LogP) is 3.47. The molecule has 0 aliphatic rings. The van der Waals surface area contributed by atoms with Crippen LogP contribution in [0.5, 0.6) is 0 Å². The first-order valence-electron chi connectivity index (χ1n) is 8.18. The van der Waals surface area contributed by atoms with Crippen molar-refractivity contribution in [1.82, 2.24) is 10.6 Å². The summed E-state index contributed by atoms with van der Waals surface area (Å²) in [6, 6.07) is 0.446. The van der Waals surface area contributed by atoms with Crippen LogP contribution < -0.4 is 10.6 Å². The molecule has 0 fully saturated rings. The molecule has 5 nitrogen and oxygen atoms in total. The Morgan fingerprint density at radius 1 is 1.18 bits per heavy atom. The monoisotopic (exact) mass is 427 g/mol. The quantitative estimate of drug-likeness (QED) is 0.174. The molecule has 0 amide bonds. The molecule has 0 saturated carbocycles. The molecule has 0 radical (unpaired) electrons. The van der Waals surface area contributed by atoms with Gasteiger partial charge in [-0.1, -0.05) is 32.6 Å². The Kier molecular flexibility index (Phi) is 18.2. The van der Waals surface area contributed by atoms with E-state index in [1.807, 2.05) is 0 Å². The summed E-state index contributed by atoms with van der Waals surface area (Å²) in [5.74, 6) is 0.744. The number of hydrogen-bond acceptors (Lipinski definition) is 3. The maximum absolute atomic E-state index is 11.0. The molecule has 0 aromatic carbocycles. The van der Waals surface area contributed by atoms with Crippen molar-refractivity contribution in [2.75, 3.05) is 20.7 Å². The second-order valence-electron chi connectivity index (χ2n) is 5.43. The molecule has 0 aliphatic heterocycles. The number of rotatable bonds is 11. The molecule has 22 heavy (non-hydrogen) atoms. The molecule has 1 unspecified atom stereocenters. The van der Waals surface area contributed by atoms with E-state index in [0.717, 1.165) is 31.8 Å². The van der Waals surface area contributed by atoms with Crippen LogP contribution in [0.15, 0.2) is 4.99 Å². The number of carbonyl (C=O) groups is 1. The van der Waals surface area contributed by atoms with Crippen molar-refractivity contribution in [2.45, 2.75) is 71.3 Å². The number of hydrogen-bond donors (Lipinski definition) is 2. The van der Waals surface area contributed by atoms with E-state index >= 15 is 0 Å². The summed E-state index contributed by atoms with van der Waals surface area (Å²) >= 11 is 0. The van der Waals surface area contributed by atoms with Gasteiger partial charge in [-0.25, -0.2) is 0 Å². The third-order valence-corrected chi connectivity index (χ3v) is 3.43. The standard InChI is InChI=1S/C16H33N3O2.HI/c1-5-6-8-11-14(2)19-16(17-3)18-13-10-7-9-12-15(20)21-4;/h14H,5-13H2,1-4H3,(H2,17,18,19);1H. The van der Waals surface area contributed by atoms with Gasteiger partial charge in [0.05, 0.1) is 7.11 Å². The molecule has 6 heteroatoms. The largest absolute Gasteiger partial charge is 0.469 e. The average Bonchev–Trinajstić information content (AvgIpc) is 2.49. The van der Waals surface area contributed by atoms with E-state index in [1.54, 1.807) is 7.05 Å². The Morgan fingerprint density at radius 3 is 2.50 bits per heavy atom. The van der Waals surface area contributed by atoms with Gasteiger partial charge in [0.1, 0.15) is 0 Å². The third-order valence-electron chi connectivity index (χ3n) is 3.43. The first kappa shape index (κ1) is 23.7. The van der Waals surface area contributed by atoms with Gasteiger partial charge >= 0.3 is 5.97 Å². The van der Waals surface area contributed by atoms with Crippen LogP contribution in [0.1, 0.15) is 65.2 Å². The lowest BCUT2D eigenvalue weighted by atomic mass is 10.1. The number of carbonyl (C=O) groups excluding carboxylic acids is 1. The number of methoxy groups -OCH3 is 1. The van der Waals surface area contributed by atoms with E-state index in [1.165, 1.54) is 32.8 Å². The van der Waals surface area contributed by atoms with Gasteiger partial charge in [-0.05, 0) is 26.2 Å². The van der Waals surface area contributed by atoms with Crippen LogP contribution in [0.25, 0.3) is 0 Å². The number of nitrogens with zero attached hydrogens (tertiary/aromatic N) is 1. The molecular weight excluding hydrogens is 393 g/mol. The molecule has 0 rings (SSSR count). The zero-order chi connectivity index (χ0) is 15.9. The van der Waals surface area contributed by atoms with E-state index in [4.69, 9.17) is 0 Å². The van der Waals surface area contributed by atoms with Crippen LogP contribution in [0.2, 0.25) is 0 Å². The number of nitrogens with one attached hydrogen (secondary N) is 2. The minimum absolute atomic E-state index is 0. The lowest BCUT2D eigenvalue weighted by Crippen LogP contribution is -2.42. The van der Waals surface area contributed by atoms with Gasteiger partial charge < -0.3 is 15.4 Å². The highest BCUT2D eigenvalue weighted by Crippen LogP contribution is 2.03. The van der Waals surface area contributed by atoms with E-state index in [-0.39, 0.29) is 29.9 Å².